The Kier molecular flexibility index (Phi) is 6.48. The average molecular weight is 389 g/mol. The van der Waals surface area contributed by atoms with E-state index in [1.165, 1.54) is 24.9 Å². The largest absolute Gasteiger partial charge is 0.444 e. The third-order valence-electron chi connectivity index (χ3n) is 5.37. The van der Waals surface area contributed by atoms with E-state index in [4.69, 9.17) is 9.72 Å². The zero-order valence-corrected chi connectivity index (χ0v) is 18.1. The molecule has 0 aliphatic carbocycles. The Bertz CT molecular complexity index is 663. The molecule has 2 saturated heterocycles. The fourth-order valence-electron chi connectivity index (χ4n) is 4.23. The molecule has 6 nitrogen and oxygen atoms in total. The number of hydrogen-bond acceptors (Lipinski definition) is 5. The summed E-state index contributed by atoms with van der Waals surface area (Å²) in [6.07, 6.45) is 4.12. The molecule has 0 bridgehead atoms. The first-order valence-electron chi connectivity index (χ1n) is 10.7. The lowest BCUT2D eigenvalue weighted by Gasteiger charge is -2.38. The van der Waals surface area contributed by atoms with Crippen molar-refractivity contribution in [2.75, 3.05) is 44.2 Å². The van der Waals surface area contributed by atoms with Crippen molar-refractivity contribution in [3.8, 4) is 0 Å². The molecular weight excluding hydrogens is 352 g/mol. The molecule has 2 fully saturated rings. The molecule has 0 saturated carbocycles. The molecule has 1 atom stereocenters. The van der Waals surface area contributed by atoms with E-state index in [-0.39, 0.29) is 6.09 Å². The number of aromatic nitrogens is 1. The van der Waals surface area contributed by atoms with Crippen molar-refractivity contribution >= 4 is 11.9 Å². The molecule has 3 rings (SSSR count). The highest BCUT2D eigenvalue weighted by atomic mass is 16.6. The fraction of sp³-hybridized carbons (Fsp3) is 0.727. The Hall–Kier alpha value is -1.82. The van der Waals surface area contributed by atoms with Crippen LogP contribution in [0.1, 0.15) is 59.1 Å². The van der Waals surface area contributed by atoms with Crippen molar-refractivity contribution in [2.45, 2.75) is 59.1 Å². The van der Waals surface area contributed by atoms with Gasteiger partial charge >= 0.3 is 6.09 Å². The minimum absolute atomic E-state index is 0.215. The van der Waals surface area contributed by atoms with Gasteiger partial charge in [-0.15, -0.1) is 0 Å². The van der Waals surface area contributed by atoms with Crippen LogP contribution in [-0.4, -0.2) is 65.7 Å². The number of amides is 1. The number of hydrogen-bond donors (Lipinski definition) is 0. The summed E-state index contributed by atoms with van der Waals surface area (Å²) >= 11 is 0. The van der Waals surface area contributed by atoms with Crippen LogP contribution in [0, 0.1) is 5.92 Å². The van der Waals surface area contributed by atoms with Gasteiger partial charge in [0, 0.05) is 50.5 Å². The van der Waals surface area contributed by atoms with Crippen LogP contribution in [0.3, 0.4) is 0 Å². The van der Waals surface area contributed by atoms with Gasteiger partial charge in [0.2, 0.25) is 0 Å². The topological polar surface area (TPSA) is 48.9 Å². The zero-order valence-electron chi connectivity index (χ0n) is 18.1. The van der Waals surface area contributed by atoms with E-state index < -0.39 is 5.60 Å². The highest BCUT2D eigenvalue weighted by Gasteiger charge is 2.32. The Morgan fingerprint density at radius 3 is 2.57 bits per heavy atom. The molecule has 156 valence electrons. The summed E-state index contributed by atoms with van der Waals surface area (Å²) < 4.78 is 5.52. The number of carbonyl (C=O) groups excluding carboxylic acids is 1. The Balaban J connectivity index is 1.68. The molecule has 1 aromatic rings. The summed E-state index contributed by atoms with van der Waals surface area (Å²) in [4.78, 5) is 23.9. The molecule has 6 heteroatoms. The van der Waals surface area contributed by atoms with E-state index in [0.29, 0.717) is 25.0 Å². The van der Waals surface area contributed by atoms with Crippen LogP contribution in [-0.2, 0) is 4.74 Å². The minimum atomic E-state index is -0.454. The van der Waals surface area contributed by atoms with Crippen LogP contribution in [0.4, 0.5) is 10.6 Å². The SMILES string of the molecule is CC(C)CN1CCC[C@@H]1c1cccnc1N1CCN(C(=O)OC(C)(C)C)CC1. The van der Waals surface area contributed by atoms with Crippen molar-refractivity contribution < 1.29 is 9.53 Å². The second-order valence-corrected chi connectivity index (χ2v) is 9.42. The van der Waals surface area contributed by atoms with Gasteiger partial charge in [-0.3, -0.25) is 4.90 Å². The first-order chi connectivity index (χ1) is 13.2. The van der Waals surface area contributed by atoms with Crippen molar-refractivity contribution in [1.29, 1.82) is 0 Å². The summed E-state index contributed by atoms with van der Waals surface area (Å²) in [5.41, 5.74) is 0.886. The van der Waals surface area contributed by atoms with Crippen molar-refractivity contribution in [3.05, 3.63) is 23.9 Å². The molecule has 0 spiro atoms. The second kappa shape index (κ2) is 8.68. The number of rotatable bonds is 4. The minimum Gasteiger partial charge on any atom is -0.444 e. The van der Waals surface area contributed by atoms with E-state index in [2.05, 4.69) is 35.8 Å². The molecule has 0 aromatic carbocycles. The molecule has 2 aliphatic heterocycles. The quantitative estimate of drug-likeness (QED) is 0.782. The predicted molar refractivity (Wildman–Crippen MR) is 113 cm³/mol. The number of nitrogens with zero attached hydrogens (tertiary/aromatic N) is 4. The van der Waals surface area contributed by atoms with Crippen LogP contribution >= 0.6 is 0 Å². The van der Waals surface area contributed by atoms with Crippen molar-refractivity contribution in [2.24, 2.45) is 5.92 Å². The van der Waals surface area contributed by atoms with Crippen LogP contribution < -0.4 is 4.90 Å². The van der Waals surface area contributed by atoms with E-state index in [1.54, 1.807) is 0 Å². The molecule has 0 N–H and O–H groups in total. The fourth-order valence-corrected chi connectivity index (χ4v) is 4.23. The highest BCUT2D eigenvalue weighted by Crippen LogP contribution is 2.37. The standard InChI is InChI=1S/C22H36N4O2/c1-17(2)16-26-11-7-9-19(26)18-8-6-10-23-20(18)24-12-14-25(15-13-24)21(27)28-22(3,4)5/h6,8,10,17,19H,7,9,11-16H2,1-5H3/t19-/m1/s1. The predicted octanol–water partition coefficient (Wildman–Crippen LogP) is 3.93. The van der Waals surface area contributed by atoms with Gasteiger partial charge in [0.25, 0.3) is 0 Å². The third kappa shape index (κ3) is 5.16. The average Bonchev–Trinajstić information content (AvgIpc) is 3.07. The van der Waals surface area contributed by atoms with Gasteiger partial charge in [-0.05, 0) is 52.1 Å². The molecule has 2 aliphatic rings. The van der Waals surface area contributed by atoms with Crippen LogP contribution in [0.2, 0.25) is 0 Å². The Morgan fingerprint density at radius 2 is 1.93 bits per heavy atom. The highest BCUT2D eigenvalue weighted by molar-refractivity contribution is 5.68. The number of piperazine rings is 1. The summed E-state index contributed by atoms with van der Waals surface area (Å²) in [7, 11) is 0. The number of carbonyl (C=O) groups is 1. The van der Waals surface area contributed by atoms with Crippen molar-refractivity contribution in [3.63, 3.8) is 0 Å². The normalized spacial score (nSPS) is 21.4. The number of likely N-dealkylation sites (tertiary alicyclic amines) is 1. The Labute approximate surface area is 169 Å². The summed E-state index contributed by atoms with van der Waals surface area (Å²) in [6.45, 7) is 15.5. The van der Waals surface area contributed by atoms with E-state index in [0.717, 1.165) is 25.5 Å². The lowest BCUT2D eigenvalue weighted by molar-refractivity contribution is 0.0240. The number of ether oxygens (including phenoxy) is 1. The van der Waals surface area contributed by atoms with E-state index in [9.17, 15) is 4.79 Å². The number of pyridine rings is 1. The zero-order chi connectivity index (χ0) is 20.3. The summed E-state index contributed by atoms with van der Waals surface area (Å²) in [6, 6.07) is 4.75. The van der Waals surface area contributed by atoms with Gasteiger partial charge in [-0.2, -0.15) is 0 Å². The summed E-state index contributed by atoms with van der Waals surface area (Å²) in [5, 5.41) is 0. The molecule has 0 radical (unpaired) electrons. The van der Waals surface area contributed by atoms with Crippen LogP contribution in [0.25, 0.3) is 0 Å². The van der Waals surface area contributed by atoms with Gasteiger partial charge in [0.1, 0.15) is 11.4 Å². The number of anilines is 1. The first kappa shape index (κ1) is 20.9. The maximum Gasteiger partial charge on any atom is 0.410 e. The molecule has 1 amide bonds. The molecule has 3 heterocycles. The third-order valence-corrected chi connectivity index (χ3v) is 5.37. The molecular formula is C22H36N4O2. The molecule has 0 unspecified atom stereocenters. The summed E-state index contributed by atoms with van der Waals surface area (Å²) in [5.74, 6) is 1.75. The smallest absolute Gasteiger partial charge is 0.410 e. The molecule has 28 heavy (non-hydrogen) atoms. The Morgan fingerprint density at radius 1 is 1.21 bits per heavy atom. The maximum absolute atomic E-state index is 12.3. The van der Waals surface area contributed by atoms with Gasteiger partial charge in [-0.1, -0.05) is 19.9 Å². The monoisotopic (exact) mass is 388 g/mol. The van der Waals surface area contributed by atoms with Crippen LogP contribution in [0.5, 0.6) is 0 Å². The van der Waals surface area contributed by atoms with Crippen LogP contribution in [0.15, 0.2) is 18.3 Å². The van der Waals surface area contributed by atoms with Gasteiger partial charge in [-0.25, -0.2) is 9.78 Å². The lowest BCUT2D eigenvalue weighted by Crippen LogP contribution is -2.50. The van der Waals surface area contributed by atoms with Crippen molar-refractivity contribution in [1.82, 2.24) is 14.8 Å². The maximum atomic E-state index is 12.3. The van der Waals surface area contributed by atoms with Gasteiger partial charge in [0.15, 0.2) is 0 Å². The molecule has 1 aromatic heterocycles. The van der Waals surface area contributed by atoms with Gasteiger partial charge in [0.05, 0.1) is 0 Å². The van der Waals surface area contributed by atoms with Gasteiger partial charge < -0.3 is 14.5 Å². The van der Waals surface area contributed by atoms with E-state index in [1.807, 2.05) is 31.9 Å². The van der Waals surface area contributed by atoms with E-state index >= 15 is 0 Å². The first-order valence-corrected chi connectivity index (χ1v) is 10.7. The lowest BCUT2D eigenvalue weighted by atomic mass is 10.0. The second-order valence-electron chi connectivity index (χ2n) is 9.42.